The molecule has 0 amide bonds. The molecule has 0 saturated carbocycles. The van der Waals surface area contributed by atoms with E-state index in [1.54, 1.807) is 0 Å². The van der Waals surface area contributed by atoms with E-state index >= 15 is 0 Å². The number of rotatable bonds is 0. The van der Waals surface area contributed by atoms with Gasteiger partial charge in [-0.25, -0.2) is 0 Å². The van der Waals surface area contributed by atoms with Crippen molar-refractivity contribution in [3.63, 3.8) is 0 Å². The van der Waals surface area contributed by atoms with Crippen LogP contribution in [0.1, 0.15) is 22.8 Å². The molecular weight excluding hydrogens is 480 g/mol. The summed E-state index contributed by atoms with van der Waals surface area (Å²) in [5.74, 6) is 1.81. The Kier molecular flexibility index (Phi) is 2.95. The van der Waals surface area contributed by atoms with Crippen LogP contribution in [0.3, 0.4) is 0 Å². The van der Waals surface area contributed by atoms with Crippen molar-refractivity contribution in [3.8, 4) is 11.6 Å². The highest BCUT2D eigenvalue weighted by molar-refractivity contribution is 6.23. The van der Waals surface area contributed by atoms with Gasteiger partial charge < -0.3 is 13.4 Å². The molecule has 5 aromatic carbocycles. The van der Waals surface area contributed by atoms with E-state index in [0.717, 1.165) is 39.3 Å². The van der Waals surface area contributed by atoms with Gasteiger partial charge in [0.25, 0.3) is 0 Å². The van der Waals surface area contributed by atoms with E-state index < -0.39 is 0 Å². The minimum atomic E-state index is -0.0779. The summed E-state index contributed by atoms with van der Waals surface area (Å²) in [4.78, 5) is 0. The second kappa shape index (κ2) is 6.08. The van der Waals surface area contributed by atoms with Crippen LogP contribution in [-0.4, -0.2) is 9.13 Å². The van der Waals surface area contributed by atoms with Crippen LogP contribution in [0.15, 0.2) is 112 Å². The van der Waals surface area contributed by atoms with Gasteiger partial charge in [0.05, 0.1) is 33.7 Å². The molecule has 4 heteroatoms. The van der Waals surface area contributed by atoms with Gasteiger partial charge in [-0.05, 0) is 36.4 Å². The summed E-state index contributed by atoms with van der Waals surface area (Å²) in [5.41, 5.74) is 10.3. The van der Waals surface area contributed by atoms with Crippen molar-refractivity contribution in [2.75, 3.05) is 0 Å². The predicted molar refractivity (Wildman–Crippen MR) is 156 cm³/mol. The average Bonchev–Trinajstić information content (AvgIpc) is 3.72. The van der Waals surface area contributed by atoms with E-state index in [-0.39, 0.29) is 5.92 Å². The van der Waals surface area contributed by atoms with Gasteiger partial charge in [0.15, 0.2) is 0 Å². The first kappa shape index (κ1) is 18.9. The number of nitrogens with zero attached hydrogens (tertiary/aromatic N) is 2. The molecule has 0 aliphatic carbocycles. The number of benzene rings is 5. The highest BCUT2D eigenvalue weighted by atomic mass is 16.4. The van der Waals surface area contributed by atoms with Crippen molar-refractivity contribution < 1.29 is 8.83 Å². The maximum atomic E-state index is 6.86. The third kappa shape index (κ3) is 1.93. The summed E-state index contributed by atoms with van der Waals surface area (Å²) in [6.45, 7) is 0. The minimum absolute atomic E-state index is 0.0779. The molecule has 1 unspecified atom stereocenters. The molecule has 11 rings (SSSR count). The second-order valence-electron chi connectivity index (χ2n) is 10.8. The Morgan fingerprint density at radius 3 is 1.79 bits per heavy atom. The summed E-state index contributed by atoms with van der Waals surface area (Å²) < 4.78 is 18.4. The topological polar surface area (TPSA) is 36.1 Å². The van der Waals surface area contributed by atoms with Crippen molar-refractivity contribution in [3.05, 3.63) is 120 Å². The van der Waals surface area contributed by atoms with Crippen LogP contribution in [0.2, 0.25) is 0 Å². The number of aromatic nitrogens is 2. The zero-order chi connectivity index (χ0) is 25.0. The van der Waals surface area contributed by atoms with Gasteiger partial charge >= 0.3 is 0 Å². The van der Waals surface area contributed by atoms with Crippen LogP contribution >= 0.6 is 0 Å². The quantitative estimate of drug-likeness (QED) is 0.209. The Hall–Kier alpha value is -5.22. The lowest BCUT2D eigenvalue weighted by Gasteiger charge is -2.29. The fourth-order valence-corrected chi connectivity index (χ4v) is 7.71. The molecule has 1 atom stereocenters. The molecule has 2 aliphatic rings. The summed E-state index contributed by atoms with van der Waals surface area (Å²) in [6.07, 6.45) is 0. The molecule has 6 heterocycles. The van der Waals surface area contributed by atoms with E-state index in [2.05, 4.69) is 112 Å². The van der Waals surface area contributed by atoms with Crippen LogP contribution in [0, 0.1) is 0 Å². The second-order valence-corrected chi connectivity index (χ2v) is 10.8. The van der Waals surface area contributed by atoms with E-state index in [4.69, 9.17) is 8.83 Å². The Morgan fingerprint density at radius 1 is 0.487 bits per heavy atom. The first-order valence-corrected chi connectivity index (χ1v) is 13.4. The van der Waals surface area contributed by atoms with Crippen molar-refractivity contribution in [1.82, 2.24) is 9.13 Å². The maximum absolute atomic E-state index is 6.86. The van der Waals surface area contributed by atoms with Crippen LogP contribution in [0.5, 0.6) is 0 Å². The van der Waals surface area contributed by atoms with Crippen LogP contribution in [0.25, 0.3) is 77.1 Å². The number of para-hydroxylation sites is 4. The number of hydrogen-bond acceptors (Lipinski definition) is 2. The van der Waals surface area contributed by atoms with Gasteiger partial charge in [-0.3, -0.25) is 4.57 Å². The molecule has 2 aliphatic heterocycles. The normalized spacial score (nSPS) is 15.4. The first-order valence-electron chi connectivity index (χ1n) is 13.4. The lowest BCUT2D eigenvalue weighted by molar-refractivity contribution is 0.525. The lowest BCUT2D eigenvalue weighted by atomic mass is 9.81. The number of furan rings is 2. The molecule has 39 heavy (non-hydrogen) atoms. The van der Waals surface area contributed by atoms with Gasteiger partial charge in [0.1, 0.15) is 16.9 Å². The summed E-state index contributed by atoms with van der Waals surface area (Å²) in [5, 5.41) is 7.33. The lowest BCUT2D eigenvalue weighted by Crippen LogP contribution is -2.19. The Balaban J connectivity index is 1.52. The Bertz CT molecular complexity index is 2570. The third-order valence-electron chi connectivity index (χ3n) is 9.10. The number of hydrogen-bond donors (Lipinski definition) is 0. The highest BCUT2D eigenvalue weighted by Crippen LogP contribution is 2.58. The molecule has 0 saturated heterocycles. The van der Waals surface area contributed by atoms with Crippen molar-refractivity contribution in [2.45, 2.75) is 5.92 Å². The molecule has 4 nitrogen and oxygen atoms in total. The summed E-state index contributed by atoms with van der Waals surface area (Å²) in [6, 6.07) is 36.8. The van der Waals surface area contributed by atoms with E-state index in [1.807, 2.05) is 0 Å². The average molecular weight is 499 g/mol. The molecule has 0 radical (unpaired) electrons. The zero-order valence-electron chi connectivity index (χ0n) is 20.6. The monoisotopic (exact) mass is 498 g/mol. The van der Waals surface area contributed by atoms with Crippen LogP contribution < -0.4 is 0 Å². The Labute approximate surface area is 220 Å². The van der Waals surface area contributed by atoms with Gasteiger partial charge in [0.2, 0.25) is 5.88 Å². The SMILES string of the molecule is c1ccc2c3c(oc2c1)-n1c2ccccc2c2cc4c5ccccc5n5c4c(c21)C3c1oc2ccccc2c1-5. The number of fused-ring (bicyclic) bond motifs is 16. The molecule has 0 spiro atoms. The van der Waals surface area contributed by atoms with Crippen molar-refractivity contribution >= 4 is 65.6 Å². The van der Waals surface area contributed by atoms with Gasteiger partial charge in [-0.15, -0.1) is 0 Å². The molecular formula is C35H18N2O2. The minimum Gasteiger partial charge on any atom is -0.458 e. The predicted octanol–water partition coefficient (Wildman–Crippen LogP) is 9.18. The molecule has 0 N–H and O–H groups in total. The Morgan fingerprint density at radius 2 is 1.05 bits per heavy atom. The van der Waals surface area contributed by atoms with E-state index in [1.165, 1.54) is 54.7 Å². The van der Waals surface area contributed by atoms with Gasteiger partial charge in [-0.2, -0.15) is 0 Å². The molecule has 4 aromatic heterocycles. The fraction of sp³-hybridized carbons (Fsp3) is 0.0286. The van der Waals surface area contributed by atoms with Gasteiger partial charge in [0, 0.05) is 43.4 Å². The maximum Gasteiger partial charge on any atom is 0.210 e. The first-order chi connectivity index (χ1) is 19.4. The fourth-order valence-electron chi connectivity index (χ4n) is 7.71. The van der Waals surface area contributed by atoms with Gasteiger partial charge in [-0.1, -0.05) is 66.7 Å². The summed E-state index contributed by atoms with van der Waals surface area (Å²) >= 11 is 0. The smallest absolute Gasteiger partial charge is 0.210 e. The van der Waals surface area contributed by atoms with Crippen LogP contribution in [0.4, 0.5) is 0 Å². The van der Waals surface area contributed by atoms with Crippen molar-refractivity contribution in [2.24, 2.45) is 0 Å². The standard InChI is InChI=1S/C35H18N2O2/c1-5-13-24-18(9-1)22-17-23-19-10-2-6-14-25(19)37-32(23)30-29(28-20-11-3-7-15-26(20)39-35(28)37)34-33(36(24)31(22)30)21-12-4-8-16-27(21)38-34/h1-17,29H. The zero-order valence-corrected chi connectivity index (χ0v) is 20.6. The molecule has 0 fully saturated rings. The third-order valence-corrected chi connectivity index (χ3v) is 9.10. The molecule has 9 aromatic rings. The molecule has 180 valence electrons. The van der Waals surface area contributed by atoms with Crippen LogP contribution in [-0.2, 0) is 0 Å². The molecule has 0 bridgehead atoms. The van der Waals surface area contributed by atoms with E-state index in [0.29, 0.717) is 0 Å². The van der Waals surface area contributed by atoms with E-state index in [9.17, 15) is 0 Å². The van der Waals surface area contributed by atoms with Crippen molar-refractivity contribution in [1.29, 1.82) is 0 Å². The summed E-state index contributed by atoms with van der Waals surface area (Å²) in [7, 11) is 0. The largest absolute Gasteiger partial charge is 0.458 e. The highest BCUT2D eigenvalue weighted by Gasteiger charge is 2.44.